The molecule has 190 valence electrons. The number of nitrogens with one attached hydrogen (secondary N) is 1. The zero-order valence-corrected chi connectivity index (χ0v) is 21.1. The summed E-state index contributed by atoms with van der Waals surface area (Å²) in [6.07, 6.45) is 8.10. The Morgan fingerprint density at radius 3 is 2.54 bits per heavy atom. The number of carbonyl (C=O) groups is 2. The number of hydrogen-bond donors (Lipinski definition) is 1. The molecule has 0 bridgehead atoms. The average Bonchev–Trinajstić information content (AvgIpc) is 3.63. The molecular formula is C27H27ClN6O3. The molecule has 0 radical (unpaired) electrons. The van der Waals surface area contributed by atoms with Crippen LogP contribution in [-0.2, 0) is 4.79 Å². The lowest BCUT2D eigenvalue weighted by atomic mass is 9.94. The van der Waals surface area contributed by atoms with Crippen molar-refractivity contribution < 1.29 is 14.0 Å². The van der Waals surface area contributed by atoms with E-state index >= 15 is 0 Å². The zero-order chi connectivity index (χ0) is 25.8. The number of anilines is 1. The van der Waals surface area contributed by atoms with Crippen LogP contribution >= 0.6 is 11.6 Å². The largest absolute Gasteiger partial charge is 0.459 e. The van der Waals surface area contributed by atoms with Crippen molar-refractivity contribution in [2.45, 2.75) is 51.1 Å². The summed E-state index contributed by atoms with van der Waals surface area (Å²) < 4.78 is 7.02. The molecule has 1 aliphatic carbocycles. The maximum Gasteiger partial charge on any atom is 0.294 e. The molecule has 10 heteroatoms. The van der Waals surface area contributed by atoms with Crippen LogP contribution in [0.25, 0.3) is 5.69 Å². The van der Waals surface area contributed by atoms with Crippen LogP contribution in [-0.4, -0.2) is 38.1 Å². The number of carbonyl (C=O) groups excluding carboxylic acids is 2. The number of nitrogens with zero attached hydrogens (tertiary/aromatic N) is 5. The molecule has 0 aliphatic heterocycles. The summed E-state index contributed by atoms with van der Waals surface area (Å²) in [6.45, 7) is 1.90. The third kappa shape index (κ3) is 5.41. The van der Waals surface area contributed by atoms with Gasteiger partial charge in [-0.2, -0.15) is 0 Å². The Morgan fingerprint density at radius 2 is 1.89 bits per heavy atom. The Hall–Kier alpha value is -3.98. The lowest BCUT2D eigenvalue weighted by molar-refractivity contribution is -0.123. The van der Waals surface area contributed by atoms with Crippen LogP contribution in [0.1, 0.15) is 59.8 Å². The molecule has 1 atom stereocenters. The van der Waals surface area contributed by atoms with Gasteiger partial charge in [-0.05, 0) is 83.8 Å². The summed E-state index contributed by atoms with van der Waals surface area (Å²) in [7, 11) is 0. The average molecular weight is 519 g/mol. The molecule has 2 heterocycles. The first-order chi connectivity index (χ1) is 18.0. The van der Waals surface area contributed by atoms with Crippen molar-refractivity contribution in [2.75, 3.05) is 4.90 Å². The van der Waals surface area contributed by atoms with Gasteiger partial charge in [0.05, 0.1) is 12.0 Å². The Labute approximate surface area is 219 Å². The minimum atomic E-state index is -0.949. The number of benzene rings is 2. The Morgan fingerprint density at radius 1 is 1.11 bits per heavy atom. The third-order valence-corrected chi connectivity index (χ3v) is 6.90. The van der Waals surface area contributed by atoms with Crippen molar-refractivity contribution in [1.82, 2.24) is 25.5 Å². The quantitative estimate of drug-likeness (QED) is 0.367. The van der Waals surface area contributed by atoms with Crippen molar-refractivity contribution in [1.29, 1.82) is 0 Å². The van der Waals surface area contributed by atoms with Crippen molar-refractivity contribution in [3.63, 3.8) is 0 Å². The van der Waals surface area contributed by atoms with E-state index in [0.717, 1.165) is 36.9 Å². The SMILES string of the molecule is Cc1cc(N(C(=O)c2ccco2)C(C(=O)NC2CCCCC2)c2ccc(Cl)cc2)ccc1-n1cnnn1. The van der Waals surface area contributed by atoms with Crippen LogP contribution in [0.4, 0.5) is 5.69 Å². The minimum Gasteiger partial charge on any atom is -0.459 e. The van der Waals surface area contributed by atoms with Gasteiger partial charge in [0.25, 0.3) is 5.91 Å². The van der Waals surface area contributed by atoms with Crippen LogP contribution < -0.4 is 10.2 Å². The molecule has 0 saturated heterocycles. The highest BCUT2D eigenvalue weighted by atomic mass is 35.5. The number of tetrazole rings is 1. The van der Waals surface area contributed by atoms with Gasteiger partial charge < -0.3 is 9.73 Å². The highest BCUT2D eigenvalue weighted by Crippen LogP contribution is 2.33. The number of furan rings is 1. The van der Waals surface area contributed by atoms with E-state index in [4.69, 9.17) is 16.0 Å². The number of amides is 2. The molecule has 0 spiro atoms. The molecule has 9 nitrogen and oxygen atoms in total. The van der Waals surface area contributed by atoms with Crippen LogP contribution in [0, 0.1) is 6.92 Å². The smallest absolute Gasteiger partial charge is 0.294 e. The standard InChI is InChI=1S/C27H27ClN6O3/c1-18-16-22(13-14-23(18)33-17-29-31-32-33)34(27(36)24-8-5-15-37-24)25(19-9-11-20(28)12-10-19)26(35)30-21-6-3-2-4-7-21/h5,8-17,21,25H,2-4,6-7H2,1H3,(H,30,35). The first kappa shape index (κ1) is 24.7. The van der Waals surface area contributed by atoms with Gasteiger partial charge in [0.2, 0.25) is 5.91 Å². The maximum absolute atomic E-state index is 13.9. The molecule has 2 aromatic heterocycles. The van der Waals surface area contributed by atoms with Crippen molar-refractivity contribution in [2.24, 2.45) is 0 Å². The fourth-order valence-corrected chi connectivity index (χ4v) is 4.94. The van der Waals surface area contributed by atoms with Crippen molar-refractivity contribution in [3.05, 3.63) is 89.1 Å². The number of aryl methyl sites for hydroxylation is 1. The number of halogens is 1. The number of rotatable bonds is 7. The molecule has 1 saturated carbocycles. The van der Waals surface area contributed by atoms with E-state index in [1.54, 1.807) is 47.1 Å². The number of aromatic nitrogens is 4. The Kier molecular flexibility index (Phi) is 7.32. The fourth-order valence-electron chi connectivity index (χ4n) is 4.81. The van der Waals surface area contributed by atoms with Crippen LogP contribution in [0.5, 0.6) is 0 Å². The second-order valence-corrected chi connectivity index (χ2v) is 9.61. The van der Waals surface area contributed by atoms with E-state index in [-0.39, 0.29) is 17.7 Å². The van der Waals surface area contributed by atoms with Gasteiger partial charge in [0.1, 0.15) is 12.4 Å². The molecule has 4 aromatic rings. The van der Waals surface area contributed by atoms with Gasteiger partial charge in [-0.3, -0.25) is 14.5 Å². The second-order valence-electron chi connectivity index (χ2n) is 9.18. The highest BCUT2D eigenvalue weighted by molar-refractivity contribution is 6.30. The van der Waals surface area contributed by atoms with Gasteiger partial charge in [-0.1, -0.05) is 43.0 Å². The van der Waals surface area contributed by atoms with Gasteiger partial charge in [-0.25, -0.2) is 4.68 Å². The van der Waals surface area contributed by atoms with Gasteiger partial charge in [0.15, 0.2) is 5.76 Å². The highest BCUT2D eigenvalue weighted by Gasteiger charge is 2.36. The molecule has 1 aliphatic rings. The van der Waals surface area contributed by atoms with E-state index < -0.39 is 11.9 Å². The summed E-state index contributed by atoms with van der Waals surface area (Å²) in [4.78, 5) is 29.3. The predicted molar refractivity (Wildman–Crippen MR) is 139 cm³/mol. The maximum atomic E-state index is 13.9. The summed E-state index contributed by atoms with van der Waals surface area (Å²) in [5.74, 6) is -0.554. The molecule has 5 rings (SSSR count). The van der Waals surface area contributed by atoms with E-state index in [0.29, 0.717) is 16.3 Å². The molecule has 1 fully saturated rings. The molecular weight excluding hydrogens is 492 g/mol. The topological polar surface area (TPSA) is 106 Å². The first-order valence-electron chi connectivity index (χ1n) is 12.3. The van der Waals surface area contributed by atoms with E-state index in [2.05, 4.69) is 20.8 Å². The zero-order valence-electron chi connectivity index (χ0n) is 20.4. The van der Waals surface area contributed by atoms with Crippen molar-refractivity contribution >= 4 is 29.1 Å². The Balaban J connectivity index is 1.60. The van der Waals surface area contributed by atoms with Gasteiger partial charge >= 0.3 is 0 Å². The Bertz CT molecular complexity index is 1350. The number of hydrogen-bond acceptors (Lipinski definition) is 6. The summed E-state index contributed by atoms with van der Waals surface area (Å²) in [5, 5.41) is 15.1. The van der Waals surface area contributed by atoms with Crippen LogP contribution in [0.2, 0.25) is 5.02 Å². The lowest BCUT2D eigenvalue weighted by Gasteiger charge is -2.33. The molecule has 1 unspecified atom stereocenters. The van der Waals surface area contributed by atoms with Crippen LogP contribution in [0.15, 0.2) is 71.6 Å². The molecule has 1 N–H and O–H groups in total. The first-order valence-corrected chi connectivity index (χ1v) is 12.7. The van der Waals surface area contributed by atoms with E-state index in [1.807, 2.05) is 19.1 Å². The summed E-state index contributed by atoms with van der Waals surface area (Å²) in [5.41, 5.74) is 2.76. The molecule has 37 heavy (non-hydrogen) atoms. The van der Waals surface area contributed by atoms with Crippen molar-refractivity contribution in [3.8, 4) is 5.69 Å². The minimum absolute atomic E-state index is 0.0699. The summed E-state index contributed by atoms with van der Waals surface area (Å²) in [6, 6.07) is 14.8. The van der Waals surface area contributed by atoms with E-state index in [9.17, 15) is 9.59 Å². The molecule has 2 amide bonds. The predicted octanol–water partition coefficient (Wildman–Crippen LogP) is 5.05. The monoisotopic (exact) mass is 518 g/mol. The van der Waals surface area contributed by atoms with Gasteiger partial charge in [0, 0.05) is 16.8 Å². The fraction of sp³-hybridized carbons (Fsp3) is 0.296. The molecule has 2 aromatic carbocycles. The second kappa shape index (κ2) is 11.0. The van der Waals surface area contributed by atoms with Gasteiger partial charge in [-0.15, -0.1) is 5.10 Å². The third-order valence-electron chi connectivity index (χ3n) is 6.65. The lowest BCUT2D eigenvalue weighted by Crippen LogP contribution is -2.47. The normalized spacial score (nSPS) is 14.8. The van der Waals surface area contributed by atoms with E-state index in [1.165, 1.54) is 23.9 Å². The van der Waals surface area contributed by atoms with Crippen LogP contribution in [0.3, 0.4) is 0 Å². The summed E-state index contributed by atoms with van der Waals surface area (Å²) >= 11 is 6.16.